The summed E-state index contributed by atoms with van der Waals surface area (Å²) in [6.45, 7) is 1.15. The number of nitrogens with one attached hydrogen (secondary N) is 1. The summed E-state index contributed by atoms with van der Waals surface area (Å²) in [6, 6.07) is 1.67. The highest BCUT2D eigenvalue weighted by atomic mass is 16.4. The van der Waals surface area contributed by atoms with Gasteiger partial charge in [0.05, 0.1) is 5.52 Å². The quantitative estimate of drug-likeness (QED) is 0.730. The van der Waals surface area contributed by atoms with E-state index in [9.17, 15) is 14.4 Å². The van der Waals surface area contributed by atoms with Crippen LogP contribution in [0, 0.1) is 6.92 Å². The molecule has 7 nitrogen and oxygen atoms in total. The number of carboxylic acid groups (broad SMARTS) is 1. The van der Waals surface area contributed by atoms with Gasteiger partial charge in [0.2, 0.25) is 0 Å². The molecule has 2 aromatic rings. The Balaban J connectivity index is 2.88. The summed E-state index contributed by atoms with van der Waals surface area (Å²) in [4.78, 5) is 36.6. The Labute approximate surface area is 94.9 Å². The van der Waals surface area contributed by atoms with Gasteiger partial charge in [0.1, 0.15) is 12.1 Å². The molecular weight excluding hydrogens is 226 g/mol. The molecule has 2 aromatic heterocycles. The maximum atomic E-state index is 12.0. The molecule has 0 atom stereocenters. The van der Waals surface area contributed by atoms with Gasteiger partial charge in [-0.25, -0.2) is 9.36 Å². The molecule has 0 radical (unpaired) electrons. The van der Waals surface area contributed by atoms with Crippen molar-refractivity contribution in [1.82, 2.24) is 14.1 Å². The first-order valence-electron chi connectivity index (χ1n) is 4.92. The van der Waals surface area contributed by atoms with Gasteiger partial charge in [-0.05, 0) is 13.0 Å². The summed E-state index contributed by atoms with van der Waals surface area (Å²) in [6.07, 6.45) is 0. The van der Waals surface area contributed by atoms with Crippen LogP contribution in [0.2, 0.25) is 0 Å². The molecule has 2 heterocycles. The first-order chi connectivity index (χ1) is 7.91. The van der Waals surface area contributed by atoms with Crippen LogP contribution < -0.4 is 11.2 Å². The Morgan fingerprint density at radius 3 is 2.71 bits per heavy atom. The lowest BCUT2D eigenvalue weighted by Gasteiger charge is -2.02. The second-order valence-corrected chi connectivity index (χ2v) is 3.82. The third kappa shape index (κ3) is 1.65. The Kier molecular flexibility index (Phi) is 2.38. The molecule has 0 unspecified atom stereocenters. The van der Waals surface area contributed by atoms with Crippen molar-refractivity contribution in [3.63, 3.8) is 0 Å². The number of aliphatic carboxylic acids is 1. The minimum absolute atomic E-state index is 0.295. The second kappa shape index (κ2) is 3.62. The van der Waals surface area contributed by atoms with Crippen molar-refractivity contribution in [2.45, 2.75) is 13.5 Å². The molecule has 17 heavy (non-hydrogen) atoms. The van der Waals surface area contributed by atoms with Crippen molar-refractivity contribution in [3.8, 4) is 0 Å². The molecule has 0 aromatic carbocycles. The average molecular weight is 237 g/mol. The molecule has 0 amide bonds. The molecule has 0 aliphatic heterocycles. The van der Waals surface area contributed by atoms with Crippen LogP contribution >= 0.6 is 0 Å². The molecule has 7 heteroatoms. The number of aromatic amines is 1. The molecule has 0 saturated heterocycles. The lowest BCUT2D eigenvalue weighted by molar-refractivity contribution is -0.137. The van der Waals surface area contributed by atoms with E-state index in [0.29, 0.717) is 15.6 Å². The fraction of sp³-hybridized carbons (Fsp3) is 0.300. The fourth-order valence-electron chi connectivity index (χ4n) is 1.77. The smallest absolute Gasteiger partial charge is 0.329 e. The number of aromatic nitrogens is 3. The minimum Gasteiger partial charge on any atom is -0.480 e. The van der Waals surface area contributed by atoms with Gasteiger partial charge in [-0.3, -0.25) is 9.59 Å². The highest BCUT2D eigenvalue weighted by Crippen LogP contribution is 2.10. The molecule has 0 aliphatic rings. The van der Waals surface area contributed by atoms with Crippen LogP contribution in [0.25, 0.3) is 11.0 Å². The van der Waals surface area contributed by atoms with Crippen molar-refractivity contribution in [2.75, 3.05) is 0 Å². The van der Waals surface area contributed by atoms with E-state index in [1.54, 1.807) is 24.6 Å². The Hall–Kier alpha value is -2.31. The topological polar surface area (TPSA) is 97.1 Å². The van der Waals surface area contributed by atoms with Crippen LogP contribution in [0.5, 0.6) is 0 Å². The standard InChI is InChI=1S/C10H11N3O4/c1-5-3-6-8(12(5)2)9(16)13(4-7(14)15)10(17)11-6/h3H,4H2,1-2H3,(H,11,17)(H,14,15). The lowest BCUT2D eigenvalue weighted by Crippen LogP contribution is -2.37. The summed E-state index contributed by atoms with van der Waals surface area (Å²) in [5.41, 5.74) is 0.211. The van der Waals surface area contributed by atoms with E-state index in [0.717, 1.165) is 5.69 Å². The van der Waals surface area contributed by atoms with E-state index in [-0.39, 0.29) is 0 Å². The van der Waals surface area contributed by atoms with E-state index >= 15 is 0 Å². The highest BCUT2D eigenvalue weighted by Gasteiger charge is 2.13. The Morgan fingerprint density at radius 2 is 2.12 bits per heavy atom. The SMILES string of the molecule is Cc1cc2[nH]c(=O)n(CC(=O)O)c(=O)c2n1C. The summed E-state index contributed by atoms with van der Waals surface area (Å²) in [7, 11) is 1.68. The van der Waals surface area contributed by atoms with Gasteiger partial charge < -0.3 is 14.7 Å². The zero-order valence-corrected chi connectivity index (χ0v) is 9.35. The number of H-pyrrole nitrogens is 1. The third-order valence-electron chi connectivity index (χ3n) is 2.70. The summed E-state index contributed by atoms with van der Waals surface area (Å²) in [5, 5.41) is 8.64. The van der Waals surface area contributed by atoms with Crippen molar-refractivity contribution in [2.24, 2.45) is 7.05 Å². The number of hydrogen-bond acceptors (Lipinski definition) is 3. The summed E-state index contributed by atoms with van der Waals surface area (Å²) in [5.74, 6) is -1.23. The second-order valence-electron chi connectivity index (χ2n) is 3.82. The largest absolute Gasteiger partial charge is 0.480 e. The zero-order chi connectivity index (χ0) is 12.7. The fourth-order valence-corrected chi connectivity index (χ4v) is 1.77. The van der Waals surface area contributed by atoms with Gasteiger partial charge in [0.25, 0.3) is 5.56 Å². The number of fused-ring (bicyclic) bond motifs is 1. The predicted molar refractivity (Wildman–Crippen MR) is 60.2 cm³/mol. The normalized spacial score (nSPS) is 10.9. The van der Waals surface area contributed by atoms with Crippen LogP contribution in [0.3, 0.4) is 0 Å². The van der Waals surface area contributed by atoms with E-state index in [4.69, 9.17) is 5.11 Å². The van der Waals surface area contributed by atoms with Crippen LogP contribution in [0.15, 0.2) is 15.7 Å². The Morgan fingerprint density at radius 1 is 1.47 bits per heavy atom. The van der Waals surface area contributed by atoms with E-state index in [1.807, 2.05) is 0 Å². The average Bonchev–Trinajstić information content (AvgIpc) is 2.49. The number of rotatable bonds is 2. The van der Waals surface area contributed by atoms with Crippen molar-refractivity contribution >= 4 is 17.0 Å². The number of carbonyl (C=O) groups is 1. The molecule has 0 bridgehead atoms. The van der Waals surface area contributed by atoms with Crippen LogP contribution in [0.1, 0.15) is 5.69 Å². The van der Waals surface area contributed by atoms with Gasteiger partial charge in [-0.15, -0.1) is 0 Å². The number of carboxylic acids is 1. The molecular formula is C10H11N3O4. The molecule has 0 fully saturated rings. The molecule has 2 N–H and O–H groups in total. The highest BCUT2D eigenvalue weighted by molar-refractivity contribution is 5.76. The molecule has 0 spiro atoms. The molecule has 0 saturated carbocycles. The van der Waals surface area contributed by atoms with Crippen molar-refractivity contribution in [3.05, 3.63) is 32.6 Å². The monoisotopic (exact) mass is 237 g/mol. The number of aryl methyl sites for hydroxylation is 2. The van der Waals surface area contributed by atoms with Gasteiger partial charge in [-0.1, -0.05) is 0 Å². The minimum atomic E-state index is -1.23. The molecule has 2 rings (SSSR count). The summed E-state index contributed by atoms with van der Waals surface area (Å²) < 4.78 is 2.29. The van der Waals surface area contributed by atoms with E-state index in [2.05, 4.69) is 4.98 Å². The van der Waals surface area contributed by atoms with E-state index < -0.39 is 23.8 Å². The number of hydrogen-bond donors (Lipinski definition) is 2. The van der Waals surface area contributed by atoms with Gasteiger partial charge in [-0.2, -0.15) is 0 Å². The maximum absolute atomic E-state index is 12.0. The first-order valence-corrected chi connectivity index (χ1v) is 4.92. The predicted octanol–water partition coefficient (Wildman–Crippen LogP) is -0.579. The van der Waals surface area contributed by atoms with Crippen LogP contribution in [-0.2, 0) is 18.4 Å². The maximum Gasteiger partial charge on any atom is 0.329 e. The molecule has 0 aliphatic carbocycles. The third-order valence-corrected chi connectivity index (χ3v) is 2.70. The van der Waals surface area contributed by atoms with Gasteiger partial charge in [0.15, 0.2) is 0 Å². The molecule has 90 valence electrons. The van der Waals surface area contributed by atoms with Crippen LogP contribution in [0.4, 0.5) is 0 Å². The van der Waals surface area contributed by atoms with Crippen molar-refractivity contribution in [1.29, 1.82) is 0 Å². The lowest BCUT2D eigenvalue weighted by atomic mass is 10.4. The summed E-state index contributed by atoms with van der Waals surface area (Å²) >= 11 is 0. The van der Waals surface area contributed by atoms with Gasteiger partial charge >= 0.3 is 11.7 Å². The zero-order valence-electron chi connectivity index (χ0n) is 9.35. The van der Waals surface area contributed by atoms with Crippen molar-refractivity contribution < 1.29 is 9.90 Å². The van der Waals surface area contributed by atoms with Gasteiger partial charge in [0, 0.05) is 12.7 Å². The number of nitrogens with zero attached hydrogens (tertiary/aromatic N) is 2. The van der Waals surface area contributed by atoms with E-state index in [1.165, 1.54) is 0 Å². The first kappa shape index (κ1) is 11.2. The van der Waals surface area contributed by atoms with Crippen LogP contribution in [-0.4, -0.2) is 25.2 Å². The Bertz CT molecular complexity index is 719.